The molecule has 0 bridgehead atoms. The molecule has 0 aliphatic rings. The van der Waals surface area contributed by atoms with Gasteiger partial charge in [0.1, 0.15) is 5.76 Å². The van der Waals surface area contributed by atoms with Crippen molar-refractivity contribution in [1.29, 1.82) is 0 Å². The number of furan rings is 1. The van der Waals surface area contributed by atoms with Crippen LogP contribution >= 0.6 is 0 Å². The zero-order valence-corrected chi connectivity index (χ0v) is 10.7. The largest absolute Gasteiger partial charge is 0.479 e. The van der Waals surface area contributed by atoms with Crippen molar-refractivity contribution in [1.82, 2.24) is 15.1 Å². The van der Waals surface area contributed by atoms with Crippen LogP contribution in [0.2, 0.25) is 0 Å². The van der Waals surface area contributed by atoms with Crippen LogP contribution < -0.4 is 5.32 Å². The lowest BCUT2D eigenvalue weighted by atomic mass is 10.1. The van der Waals surface area contributed by atoms with Gasteiger partial charge in [0, 0.05) is 24.9 Å². The minimum absolute atomic E-state index is 0.403. The molecule has 0 saturated carbocycles. The Balaban J connectivity index is 2.05. The van der Waals surface area contributed by atoms with Gasteiger partial charge in [-0.25, -0.2) is 4.79 Å². The van der Waals surface area contributed by atoms with E-state index in [1.54, 1.807) is 19.2 Å². The Morgan fingerprint density at radius 3 is 2.90 bits per heavy atom. The third-order valence-electron chi connectivity index (χ3n) is 2.53. The molecule has 7 nitrogen and oxygen atoms in total. The van der Waals surface area contributed by atoms with E-state index in [-0.39, 0.29) is 0 Å². The topological polar surface area (TPSA) is 97.4 Å². The number of hydrogen-bond acceptors (Lipinski definition) is 4. The van der Waals surface area contributed by atoms with Gasteiger partial charge in [0.15, 0.2) is 6.04 Å². The van der Waals surface area contributed by atoms with Crippen LogP contribution in [-0.2, 0) is 16.6 Å². The van der Waals surface area contributed by atoms with Gasteiger partial charge in [0.05, 0.1) is 12.5 Å². The number of hydrogen-bond donors (Lipinski definition) is 2. The predicted molar refractivity (Wildman–Crippen MR) is 69.5 cm³/mol. The summed E-state index contributed by atoms with van der Waals surface area (Å²) in [6, 6.07) is 2.23. The van der Waals surface area contributed by atoms with Crippen LogP contribution in [0.25, 0.3) is 6.08 Å². The fourth-order valence-corrected chi connectivity index (χ4v) is 1.61. The van der Waals surface area contributed by atoms with Gasteiger partial charge >= 0.3 is 5.97 Å². The highest BCUT2D eigenvalue weighted by atomic mass is 16.4. The highest BCUT2D eigenvalue weighted by molar-refractivity contribution is 5.94. The Morgan fingerprint density at radius 1 is 1.55 bits per heavy atom. The summed E-state index contributed by atoms with van der Waals surface area (Å²) in [5.41, 5.74) is 0.403. The van der Waals surface area contributed by atoms with Gasteiger partial charge in [-0.15, -0.1) is 0 Å². The number of carbonyl (C=O) groups excluding carboxylic acids is 1. The van der Waals surface area contributed by atoms with E-state index in [0.29, 0.717) is 11.3 Å². The van der Waals surface area contributed by atoms with E-state index >= 15 is 0 Å². The first kappa shape index (κ1) is 13.6. The Labute approximate surface area is 114 Å². The van der Waals surface area contributed by atoms with E-state index in [4.69, 9.17) is 9.52 Å². The summed E-state index contributed by atoms with van der Waals surface area (Å²) in [6.07, 6.45) is 7.08. The summed E-state index contributed by atoms with van der Waals surface area (Å²) in [5, 5.41) is 15.4. The molecule has 0 saturated heterocycles. The molecule has 0 radical (unpaired) electrons. The van der Waals surface area contributed by atoms with Gasteiger partial charge < -0.3 is 14.8 Å². The lowest BCUT2D eigenvalue weighted by Crippen LogP contribution is -2.32. The van der Waals surface area contributed by atoms with Gasteiger partial charge in [0.2, 0.25) is 5.91 Å². The van der Waals surface area contributed by atoms with Crippen molar-refractivity contribution in [3.63, 3.8) is 0 Å². The Hall–Kier alpha value is -2.83. The maximum absolute atomic E-state index is 11.7. The fourth-order valence-electron chi connectivity index (χ4n) is 1.61. The number of nitrogens with zero attached hydrogens (tertiary/aromatic N) is 2. The van der Waals surface area contributed by atoms with Crippen LogP contribution in [-0.4, -0.2) is 26.8 Å². The fraction of sp³-hybridized carbons (Fsp3) is 0.154. The summed E-state index contributed by atoms with van der Waals surface area (Å²) in [7, 11) is 1.67. The van der Waals surface area contributed by atoms with Crippen molar-refractivity contribution in [2.75, 3.05) is 0 Å². The van der Waals surface area contributed by atoms with Gasteiger partial charge in [-0.05, 0) is 18.2 Å². The lowest BCUT2D eigenvalue weighted by molar-refractivity contribution is -0.141. The number of aliphatic carboxylic acids is 1. The monoisotopic (exact) mass is 275 g/mol. The molecule has 0 aromatic carbocycles. The zero-order chi connectivity index (χ0) is 14.5. The second-order valence-corrected chi connectivity index (χ2v) is 4.08. The number of aromatic nitrogens is 2. The predicted octanol–water partition coefficient (Wildman–Crippen LogP) is 0.968. The highest BCUT2D eigenvalue weighted by Crippen LogP contribution is 2.12. The Kier molecular flexibility index (Phi) is 3.99. The molecule has 7 heteroatoms. The highest BCUT2D eigenvalue weighted by Gasteiger charge is 2.22. The number of aryl methyl sites for hydroxylation is 1. The second-order valence-electron chi connectivity index (χ2n) is 4.08. The molecule has 2 aromatic rings. The molecule has 2 heterocycles. The van der Waals surface area contributed by atoms with Crippen molar-refractivity contribution < 1.29 is 19.1 Å². The van der Waals surface area contributed by atoms with Crippen LogP contribution in [0.4, 0.5) is 0 Å². The molecule has 1 unspecified atom stereocenters. The summed E-state index contributed by atoms with van der Waals surface area (Å²) >= 11 is 0. The van der Waals surface area contributed by atoms with E-state index in [0.717, 1.165) is 0 Å². The average molecular weight is 275 g/mol. The van der Waals surface area contributed by atoms with Crippen molar-refractivity contribution in [3.05, 3.63) is 48.2 Å². The number of rotatable bonds is 5. The van der Waals surface area contributed by atoms with Crippen molar-refractivity contribution in [2.24, 2.45) is 7.05 Å². The van der Waals surface area contributed by atoms with Crippen LogP contribution in [0.1, 0.15) is 17.4 Å². The molecule has 104 valence electrons. The number of nitrogens with one attached hydrogen (secondary N) is 1. The van der Waals surface area contributed by atoms with Crippen molar-refractivity contribution in [2.45, 2.75) is 6.04 Å². The SMILES string of the molecule is Cn1cc(C(NC(=O)/C=C/c2ccco2)C(=O)O)cn1. The van der Waals surface area contributed by atoms with E-state index in [1.165, 1.54) is 35.5 Å². The summed E-state index contributed by atoms with van der Waals surface area (Å²) in [4.78, 5) is 22.9. The van der Waals surface area contributed by atoms with Crippen molar-refractivity contribution in [3.8, 4) is 0 Å². The third kappa shape index (κ3) is 3.35. The number of carboxylic acids is 1. The van der Waals surface area contributed by atoms with Crippen LogP contribution in [0.5, 0.6) is 0 Å². The number of carbonyl (C=O) groups is 2. The van der Waals surface area contributed by atoms with Crippen molar-refractivity contribution >= 4 is 18.0 Å². The van der Waals surface area contributed by atoms with E-state index in [2.05, 4.69) is 10.4 Å². The summed E-state index contributed by atoms with van der Waals surface area (Å²) < 4.78 is 6.50. The molecule has 0 fully saturated rings. The van der Waals surface area contributed by atoms with Crippen LogP contribution in [0, 0.1) is 0 Å². The summed E-state index contributed by atoms with van der Waals surface area (Å²) in [5.74, 6) is -1.18. The average Bonchev–Trinajstić information content (AvgIpc) is 3.04. The van der Waals surface area contributed by atoms with Gasteiger partial charge in [-0.2, -0.15) is 5.10 Å². The minimum atomic E-state index is -1.15. The molecule has 1 amide bonds. The molecule has 20 heavy (non-hydrogen) atoms. The molecule has 0 aliphatic carbocycles. The minimum Gasteiger partial charge on any atom is -0.479 e. The Morgan fingerprint density at radius 2 is 2.35 bits per heavy atom. The third-order valence-corrected chi connectivity index (χ3v) is 2.53. The van der Waals surface area contributed by atoms with E-state index < -0.39 is 17.9 Å². The quantitative estimate of drug-likeness (QED) is 0.792. The molecular weight excluding hydrogens is 262 g/mol. The van der Waals surface area contributed by atoms with Crippen LogP contribution in [0.3, 0.4) is 0 Å². The number of amides is 1. The van der Waals surface area contributed by atoms with Gasteiger partial charge in [0.25, 0.3) is 0 Å². The number of carboxylic acid groups (broad SMARTS) is 1. The van der Waals surface area contributed by atoms with Gasteiger partial charge in [-0.1, -0.05) is 0 Å². The zero-order valence-electron chi connectivity index (χ0n) is 10.7. The van der Waals surface area contributed by atoms with E-state index in [1.807, 2.05) is 0 Å². The maximum Gasteiger partial charge on any atom is 0.331 e. The van der Waals surface area contributed by atoms with Crippen LogP contribution in [0.15, 0.2) is 41.3 Å². The molecular formula is C13H13N3O4. The molecule has 2 N–H and O–H groups in total. The molecule has 2 rings (SSSR count). The first-order valence-electron chi connectivity index (χ1n) is 5.79. The second kappa shape index (κ2) is 5.87. The molecule has 0 spiro atoms. The normalized spacial score (nSPS) is 12.4. The van der Waals surface area contributed by atoms with Gasteiger partial charge in [-0.3, -0.25) is 9.48 Å². The molecule has 1 atom stereocenters. The lowest BCUT2D eigenvalue weighted by Gasteiger charge is -2.10. The standard InChI is InChI=1S/C13H13N3O4/c1-16-8-9(7-14-16)12(13(18)19)15-11(17)5-4-10-3-2-6-20-10/h2-8,12H,1H3,(H,15,17)(H,18,19)/b5-4+. The first-order chi connectivity index (χ1) is 9.56. The first-order valence-corrected chi connectivity index (χ1v) is 5.79. The molecule has 0 aliphatic heterocycles. The smallest absolute Gasteiger partial charge is 0.331 e. The molecule has 2 aromatic heterocycles. The Bertz CT molecular complexity index is 628. The summed E-state index contributed by atoms with van der Waals surface area (Å²) in [6.45, 7) is 0. The van der Waals surface area contributed by atoms with E-state index in [9.17, 15) is 9.59 Å². The maximum atomic E-state index is 11.7.